The molecule has 1 saturated heterocycles. The summed E-state index contributed by atoms with van der Waals surface area (Å²) in [6, 6.07) is 0.820. The first-order valence-corrected chi connectivity index (χ1v) is 6.27. The van der Waals surface area contributed by atoms with Crippen LogP contribution in [0, 0.1) is 5.92 Å². The van der Waals surface area contributed by atoms with Crippen molar-refractivity contribution >= 4 is 0 Å². The minimum atomic E-state index is 0.386. The summed E-state index contributed by atoms with van der Waals surface area (Å²) < 4.78 is 11.1. The van der Waals surface area contributed by atoms with Crippen LogP contribution in [0.3, 0.4) is 0 Å². The highest BCUT2D eigenvalue weighted by molar-refractivity contribution is 4.80. The zero-order valence-electron chi connectivity index (χ0n) is 9.71. The van der Waals surface area contributed by atoms with E-state index >= 15 is 0 Å². The molecule has 2 unspecified atom stereocenters. The van der Waals surface area contributed by atoms with Crippen molar-refractivity contribution in [2.24, 2.45) is 5.92 Å². The van der Waals surface area contributed by atoms with Crippen LogP contribution in [0.25, 0.3) is 0 Å². The van der Waals surface area contributed by atoms with Gasteiger partial charge < -0.3 is 14.8 Å². The van der Waals surface area contributed by atoms with E-state index in [1.54, 1.807) is 0 Å². The number of hydrogen-bond acceptors (Lipinski definition) is 3. The van der Waals surface area contributed by atoms with Crippen molar-refractivity contribution in [3.8, 4) is 0 Å². The molecule has 2 rings (SSSR count). The van der Waals surface area contributed by atoms with Gasteiger partial charge in [-0.2, -0.15) is 0 Å². The van der Waals surface area contributed by atoms with Crippen molar-refractivity contribution in [3.63, 3.8) is 0 Å². The predicted octanol–water partition coefficient (Wildman–Crippen LogP) is 1.57. The largest absolute Gasteiger partial charge is 0.381 e. The molecule has 1 saturated carbocycles. The van der Waals surface area contributed by atoms with Gasteiger partial charge in [0.2, 0.25) is 0 Å². The Labute approximate surface area is 92.5 Å². The molecule has 0 amide bonds. The topological polar surface area (TPSA) is 30.5 Å². The van der Waals surface area contributed by atoms with Gasteiger partial charge in [-0.3, -0.25) is 0 Å². The molecule has 2 atom stereocenters. The molecule has 88 valence electrons. The maximum Gasteiger partial charge on any atom is 0.0559 e. The first-order valence-electron chi connectivity index (χ1n) is 6.27. The van der Waals surface area contributed by atoms with Gasteiger partial charge in [-0.05, 0) is 39.2 Å². The van der Waals surface area contributed by atoms with Gasteiger partial charge in [0.25, 0.3) is 0 Å². The Morgan fingerprint density at radius 2 is 2.27 bits per heavy atom. The van der Waals surface area contributed by atoms with E-state index in [1.807, 2.05) is 0 Å². The van der Waals surface area contributed by atoms with E-state index in [0.29, 0.717) is 12.0 Å². The lowest BCUT2D eigenvalue weighted by molar-refractivity contribution is 0.0323. The van der Waals surface area contributed by atoms with Gasteiger partial charge in [-0.25, -0.2) is 0 Å². The van der Waals surface area contributed by atoms with Crippen molar-refractivity contribution < 1.29 is 9.47 Å². The molecule has 15 heavy (non-hydrogen) atoms. The van der Waals surface area contributed by atoms with E-state index in [1.165, 1.54) is 19.3 Å². The minimum Gasteiger partial charge on any atom is -0.381 e. The van der Waals surface area contributed by atoms with Crippen molar-refractivity contribution in [2.45, 2.75) is 44.8 Å². The second-order valence-corrected chi connectivity index (χ2v) is 4.89. The lowest BCUT2D eigenvalue weighted by Gasteiger charge is -2.15. The van der Waals surface area contributed by atoms with E-state index in [4.69, 9.17) is 9.47 Å². The number of rotatable bonds is 7. The molecular formula is C12H23NO2. The molecule has 1 heterocycles. The van der Waals surface area contributed by atoms with Gasteiger partial charge >= 0.3 is 0 Å². The fraction of sp³-hybridized carbons (Fsp3) is 1.00. The van der Waals surface area contributed by atoms with E-state index in [0.717, 1.165) is 38.8 Å². The minimum absolute atomic E-state index is 0.386. The average Bonchev–Trinajstić information content (AvgIpc) is 2.91. The van der Waals surface area contributed by atoms with Crippen LogP contribution in [0.1, 0.15) is 32.6 Å². The van der Waals surface area contributed by atoms with Crippen molar-refractivity contribution in [3.05, 3.63) is 0 Å². The maximum absolute atomic E-state index is 5.81. The van der Waals surface area contributed by atoms with Crippen molar-refractivity contribution in [1.82, 2.24) is 5.32 Å². The third-order valence-electron chi connectivity index (χ3n) is 3.20. The average molecular weight is 213 g/mol. The highest BCUT2D eigenvalue weighted by atomic mass is 16.5. The van der Waals surface area contributed by atoms with E-state index < -0.39 is 0 Å². The van der Waals surface area contributed by atoms with E-state index in [2.05, 4.69) is 12.2 Å². The number of nitrogens with one attached hydrogen (secondary N) is 1. The molecule has 3 heteroatoms. The first-order chi connectivity index (χ1) is 7.34. The lowest BCUT2D eigenvalue weighted by Crippen LogP contribution is -2.24. The van der Waals surface area contributed by atoms with Crippen LogP contribution in [0.5, 0.6) is 0 Å². The number of hydrogen-bond donors (Lipinski definition) is 1. The van der Waals surface area contributed by atoms with Gasteiger partial charge in [0.05, 0.1) is 19.3 Å². The Morgan fingerprint density at radius 3 is 2.93 bits per heavy atom. The normalized spacial score (nSPS) is 28.2. The summed E-state index contributed by atoms with van der Waals surface area (Å²) >= 11 is 0. The van der Waals surface area contributed by atoms with Crippen molar-refractivity contribution in [2.75, 3.05) is 26.4 Å². The Bertz CT molecular complexity index is 176. The zero-order valence-corrected chi connectivity index (χ0v) is 9.71. The van der Waals surface area contributed by atoms with Crippen LogP contribution in [-0.2, 0) is 9.47 Å². The summed E-state index contributed by atoms with van der Waals surface area (Å²) in [4.78, 5) is 0. The lowest BCUT2D eigenvalue weighted by atomic mass is 10.1. The van der Waals surface area contributed by atoms with Gasteiger partial charge in [0, 0.05) is 18.6 Å². The molecule has 0 aromatic heterocycles. The Hall–Kier alpha value is -0.120. The molecule has 2 fully saturated rings. The van der Waals surface area contributed by atoms with Crippen LogP contribution in [0.4, 0.5) is 0 Å². The van der Waals surface area contributed by atoms with E-state index in [-0.39, 0.29) is 0 Å². The van der Waals surface area contributed by atoms with Gasteiger partial charge in [0.1, 0.15) is 0 Å². The SMILES string of the molecule is CC(CCNC1CC1)OCC1CCOC1. The molecule has 0 bridgehead atoms. The van der Waals surface area contributed by atoms with Gasteiger partial charge in [-0.15, -0.1) is 0 Å². The molecule has 0 aromatic carbocycles. The highest BCUT2D eigenvalue weighted by Crippen LogP contribution is 2.18. The summed E-state index contributed by atoms with van der Waals surface area (Å²) in [7, 11) is 0. The molecule has 2 aliphatic rings. The van der Waals surface area contributed by atoms with Crippen LogP contribution in [-0.4, -0.2) is 38.5 Å². The molecule has 0 spiro atoms. The Morgan fingerprint density at radius 1 is 1.40 bits per heavy atom. The third-order valence-corrected chi connectivity index (χ3v) is 3.20. The Kier molecular flexibility index (Phi) is 4.42. The maximum atomic E-state index is 5.81. The quantitative estimate of drug-likeness (QED) is 0.696. The highest BCUT2D eigenvalue weighted by Gasteiger charge is 2.20. The van der Waals surface area contributed by atoms with Crippen LogP contribution >= 0.6 is 0 Å². The summed E-state index contributed by atoms with van der Waals surface area (Å²) in [5.74, 6) is 0.642. The molecular weight excluding hydrogens is 190 g/mol. The second kappa shape index (κ2) is 5.83. The summed E-state index contributed by atoms with van der Waals surface area (Å²) in [5.41, 5.74) is 0. The third kappa shape index (κ3) is 4.49. The van der Waals surface area contributed by atoms with Gasteiger partial charge in [0.15, 0.2) is 0 Å². The molecule has 1 aliphatic carbocycles. The molecule has 1 N–H and O–H groups in total. The smallest absolute Gasteiger partial charge is 0.0559 e. The molecule has 0 radical (unpaired) electrons. The van der Waals surface area contributed by atoms with E-state index in [9.17, 15) is 0 Å². The molecule has 3 nitrogen and oxygen atoms in total. The van der Waals surface area contributed by atoms with Crippen LogP contribution in [0.2, 0.25) is 0 Å². The Balaban J connectivity index is 1.45. The first kappa shape index (κ1) is 11.4. The van der Waals surface area contributed by atoms with Crippen molar-refractivity contribution in [1.29, 1.82) is 0 Å². The second-order valence-electron chi connectivity index (χ2n) is 4.89. The van der Waals surface area contributed by atoms with Crippen LogP contribution < -0.4 is 5.32 Å². The summed E-state index contributed by atoms with van der Waals surface area (Å²) in [6.07, 6.45) is 5.43. The molecule has 0 aromatic rings. The number of ether oxygens (including phenoxy) is 2. The fourth-order valence-electron chi connectivity index (χ4n) is 1.88. The monoisotopic (exact) mass is 213 g/mol. The molecule has 1 aliphatic heterocycles. The summed E-state index contributed by atoms with van der Waals surface area (Å²) in [5, 5.41) is 3.51. The zero-order chi connectivity index (χ0) is 10.5. The van der Waals surface area contributed by atoms with Crippen LogP contribution in [0.15, 0.2) is 0 Å². The fourth-order valence-corrected chi connectivity index (χ4v) is 1.88. The van der Waals surface area contributed by atoms with Gasteiger partial charge in [-0.1, -0.05) is 0 Å². The summed E-state index contributed by atoms with van der Waals surface area (Å²) in [6.45, 7) is 5.97. The standard InChI is InChI=1S/C12H23NO2/c1-10(4-6-13-12-2-3-12)15-9-11-5-7-14-8-11/h10-13H,2-9H2,1H3. The predicted molar refractivity (Wildman–Crippen MR) is 60.0 cm³/mol.